The van der Waals surface area contributed by atoms with Crippen molar-refractivity contribution >= 4 is 38.7 Å². The van der Waals surface area contributed by atoms with E-state index in [2.05, 4.69) is 10.5 Å². The van der Waals surface area contributed by atoms with Gasteiger partial charge in [0.1, 0.15) is 12.3 Å². The third kappa shape index (κ3) is 5.74. The number of carbonyl (C=O) groups excluding carboxylic acids is 1. The molecule has 3 rings (SSSR count). The van der Waals surface area contributed by atoms with Crippen LogP contribution in [-0.4, -0.2) is 33.2 Å². The quantitative estimate of drug-likeness (QED) is 0.374. The molecule has 0 fully saturated rings. The highest BCUT2D eigenvalue weighted by atomic mass is 32.2. The number of hydrazone groups is 1. The minimum absolute atomic E-state index is 0.100. The number of carbonyl (C=O) groups is 1. The van der Waals surface area contributed by atoms with Crippen molar-refractivity contribution in [2.75, 3.05) is 17.5 Å². The summed E-state index contributed by atoms with van der Waals surface area (Å²) in [6, 6.07) is 16.9. The molecule has 2 aromatic carbocycles. The van der Waals surface area contributed by atoms with E-state index in [9.17, 15) is 13.2 Å². The van der Waals surface area contributed by atoms with Gasteiger partial charge in [-0.1, -0.05) is 23.8 Å². The van der Waals surface area contributed by atoms with Crippen LogP contribution in [0.5, 0.6) is 5.75 Å². The maximum atomic E-state index is 13.4. The van der Waals surface area contributed by atoms with Crippen molar-refractivity contribution in [1.82, 2.24) is 5.43 Å². The number of rotatable bonds is 9. The third-order valence-corrected chi connectivity index (χ3v) is 7.32. The summed E-state index contributed by atoms with van der Waals surface area (Å²) in [7, 11) is -3.99. The summed E-state index contributed by atoms with van der Waals surface area (Å²) in [4.78, 5) is 13.7. The van der Waals surface area contributed by atoms with Crippen LogP contribution in [0.1, 0.15) is 24.3 Å². The second-order valence-corrected chi connectivity index (χ2v) is 9.77. The zero-order chi connectivity index (χ0) is 23.1. The molecule has 32 heavy (non-hydrogen) atoms. The largest absolute Gasteiger partial charge is 0.494 e. The number of aryl methyl sites for hydroxylation is 1. The summed E-state index contributed by atoms with van der Waals surface area (Å²) in [5, 5.41) is 6.02. The summed E-state index contributed by atoms with van der Waals surface area (Å²) < 4.78 is 33.3. The molecule has 0 bridgehead atoms. The Labute approximate surface area is 192 Å². The molecule has 0 aliphatic rings. The number of hydrogen-bond donors (Lipinski definition) is 1. The number of amides is 1. The topological polar surface area (TPSA) is 88.1 Å². The molecule has 1 N–H and O–H groups in total. The molecule has 0 radical (unpaired) electrons. The molecule has 1 amide bonds. The first-order valence-electron chi connectivity index (χ1n) is 10.0. The number of anilines is 1. The van der Waals surface area contributed by atoms with E-state index in [-0.39, 0.29) is 4.90 Å². The number of nitrogens with zero attached hydrogens (tertiary/aromatic N) is 2. The van der Waals surface area contributed by atoms with Crippen LogP contribution < -0.4 is 14.5 Å². The molecule has 0 unspecified atom stereocenters. The Balaban J connectivity index is 1.88. The first-order chi connectivity index (χ1) is 15.3. The van der Waals surface area contributed by atoms with Crippen molar-refractivity contribution < 1.29 is 17.9 Å². The Morgan fingerprint density at radius 1 is 1.09 bits per heavy atom. The first-order valence-corrected chi connectivity index (χ1v) is 12.3. The Kier molecular flexibility index (Phi) is 7.66. The summed E-state index contributed by atoms with van der Waals surface area (Å²) in [5.41, 5.74) is 4.39. The van der Waals surface area contributed by atoms with Crippen molar-refractivity contribution in [3.63, 3.8) is 0 Å². The maximum absolute atomic E-state index is 13.4. The smallest absolute Gasteiger partial charge is 0.264 e. The van der Waals surface area contributed by atoms with Gasteiger partial charge in [-0.05, 0) is 68.6 Å². The summed E-state index contributed by atoms with van der Waals surface area (Å²) in [6.45, 7) is 5.59. The molecule has 0 aliphatic carbocycles. The van der Waals surface area contributed by atoms with Gasteiger partial charge in [0.25, 0.3) is 15.9 Å². The lowest BCUT2D eigenvalue weighted by Gasteiger charge is -2.24. The van der Waals surface area contributed by atoms with Crippen LogP contribution in [0.3, 0.4) is 0 Å². The highest BCUT2D eigenvalue weighted by Gasteiger charge is 2.27. The number of sulfonamides is 1. The van der Waals surface area contributed by atoms with Gasteiger partial charge in [0.2, 0.25) is 0 Å². The molecule has 7 nitrogen and oxygen atoms in total. The van der Waals surface area contributed by atoms with Gasteiger partial charge in [0.15, 0.2) is 0 Å². The van der Waals surface area contributed by atoms with Gasteiger partial charge in [0, 0.05) is 4.88 Å². The highest BCUT2D eigenvalue weighted by Crippen LogP contribution is 2.26. The fourth-order valence-electron chi connectivity index (χ4n) is 2.88. The number of nitrogens with one attached hydrogen (secondary N) is 1. The van der Waals surface area contributed by atoms with E-state index in [4.69, 9.17) is 4.74 Å². The van der Waals surface area contributed by atoms with Crippen LogP contribution in [0.4, 0.5) is 5.69 Å². The highest BCUT2D eigenvalue weighted by molar-refractivity contribution is 7.92. The fourth-order valence-corrected chi connectivity index (χ4v) is 4.98. The zero-order valence-electron chi connectivity index (χ0n) is 18.1. The van der Waals surface area contributed by atoms with Crippen LogP contribution in [0.15, 0.2) is 76.0 Å². The Bertz CT molecular complexity index is 1170. The SMILES string of the molecule is CCOc1ccc(N(CC(=O)N/N=C(/C)c2cccs2)S(=O)(=O)c2ccc(C)cc2)cc1. The predicted octanol–water partition coefficient (Wildman–Crippen LogP) is 4.19. The zero-order valence-corrected chi connectivity index (χ0v) is 19.7. The molecule has 0 atom stereocenters. The van der Waals surface area contributed by atoms with Crippen molar-refractivity contribution in [2.24, 2.45) is 5.10 Å². The van der Waals surface area contributed by atoms with E-state index in [1.807, 2.05) is 31.4 Å². The molecule has 0 saturated heterocycles. The van der Waals surface area contributed by atoms with Crippen LogP contribution >= 0.6 is 11.3 Å². The second-order valence-electron chi connectivity index (χ2n) is 6.96. The molecule has 0 spiro atoms. The molecule has 9 heteroatoms. The van der Waals surface area contributed by atoms with Gasteiger partial charge in [-0.3, -0.25) is 9.10 Å². The number of ether oxygens (including phenoxy) is 1. The molecule has 0 saturated carbocycles. The van der Waals surface area contributed by atoms with Gasteiger partial charge in [0.05, 0.1) is 22.9 Å². The Morgan fingerprint density at radius 3 is 2.38 bits per heavy atom. The van der Waals surface area contributed by atoms with Crippen LogP contribution in [0.2, 0.25) is 0 Å². The number of benzene rings is 2. The van der Waals surface area contributed by atoms with Gasteiger partial charge < -0.3 is 4.74 Å². The van der Waals surface area contributed by atoms with Crippen molar-refractivity contribution in [1.29, 1.82) is 0 Å². The van der Waals surface area contributed by atoms with Gasteiger partial charge >= 0.3 is 0 Å². The molecular weight excluding hydrogens is 446 g/mol. The first kappa shape index (κ1) is 23.5. The van der Waals surface area contributed by atoms with Crippen LogP contribution in [-0.2, 0) is 14.8 Å². The van der Waals surface area contributed by atoms with E-state index < -0.39 is 22.5 Å². The van der Waals surface area contributed by atoms with Gasteiger partial charge in [-0.2, -0.15) is 5.10 Å². The minimum atomic E-state index is -3.99. The monoisotopic (exact) mass is 471 g/mol. The number of hydrogen-bond acceptors (Lipinski definition) is 6. The number of thiophene rings is 1. The summed E-state index contributed by atoms with van der Waals surface area (Å²) in [6.07, 6.45) is 0. The lowest BCUT2D eigenvalue weighted by atomic mass is 10.2. The van der Waals surface area contributed by atoms with Crippen LogP contribution in [0.25, 0.3) is 0 Å². The lowest BCUT2D eigenvalue weighted by molar-refractivity contribution is -0.119. The summed E-state index contributed by atoms with van der Waals surface area (Å²) >= 11 is 1.50. The van der Waals surface area contributed by atoms with E-state index >= 15 is 0 Å². The molecular formula is C23H25N3O4S2. The normalized spacial score (nSPS) is 11.8. The molecule has 168 valence electrons. The van der Waals surface area contributed by atoms with E-state index in [1.54, 1.807) is 43.3 Å². The molecule has 1 aromatic heterocycles. The standard InChI is InChI=1S/C23H25N3O4S2/c1-4-30-20-11-9-19(10-12-20)26(32(28,29)21-13-7-17(2)8-14-21)16-23(27)25-24-18(3)22-6-5-15-31-22/h5-15H,4,16H2,1-3H3,(H,25,27)/b24-18-. The van der Waals surface area contributed by atoms with Crippen molar-refractivity contribution in [2.45, 2.75) is 25.7 Å². The lowest BCUT2D eigenvalue weighted by Crippen LogP contribution is -2.39. The van der Waals surface area contributed by atoms with Crippen molar-refractivity contribution in [3.05, 3.63) is 76.5 Å². The van der Waals surface area contributed by atoms with Gasteiger partial charge in [-0.25, -0.2) is 13.8 Å². The van der Waals surface area contributed by atoms with Crippen LogP contribution in [0, 0.1) is 6.92 Å². The third-order valence-electron chi connectivity index (χ3n) is 4.56. The summed E-state index contributed by atoms with van der Waals surface area (Å²) in [5.74, 6) is 0.0648. The average Bonchev–Trinajstić information content (AvgIpc) is 3.32. The fraction of sp³-hybridized carbons (Fsp3) is 0.217. The maximum Gasteiger partial charge on any atom is 0.264 e. The Hall–Kier alpha value is -3.17. The van der Waals surface area contributed by atoms with E-state index in [0.717, 1.165) is 14.7 Å². The predicted molar refractivity (Wildman–Crippen MR) is 128 cm³/mol. The van der Waals surface area contributed by atoms with Gasteiger partial charge in [-0.15, -0.1) is 11.3 Å². The minimum Gasteiger partial charge on any atom is -0.494 e. The Morgan fingerprint density at radius 2 is 1.78 bits per heavy atom. The molecule has 3 aromatic rings. The molecule has 1 heterocycles. The van der Waals surface area contributed by atoms with E-state index in [0.29, 0.717) is 23.8 Å². The average molecular weight is 472 g/mol. The van der Waals surface area contributed by atoms with Crippen molar-refractivity contribution in [3.8, 4) is 5.75 Å². The second kappa shape index (κ2) is 10.4. The van der Waals surface area contributed by atoms with E-state index in [1.165, 1.54) is 23.5 Å². The molecule has 0 aliphatic heterocycles.